The van der Waals surface area contributed by atoms with Gasteiger partial charge in [-0.1, -0.05) is 6.07 Å². The standard InChI is InChI=1S/C17H21N5O2/c1-12-14(11-19-21-12)10-18-17(24)20-15-6-4-5-13(9-15)16(23)22-7-2-3-8-22/h4-6,9,11H,2-3,7-8,10H2,1H3,(H,19,21)(H2,18,20,24). The van der Waals surface area contributed by atoms with Crippen LogP contribution in [0, 0.1) is 6.92 Å². The normalized spacial score (nSPS) is 13.8. The van der Waals surface area contributed by atoms with Gasteiger partial charge >= 0.3 is 6.03 Å². The van der Waals surface area contributed by atoms with Gasteiger partial charge in [-0.3, -0.25) is 9.89 Å². The zero-order valence-corrected chi connectivity index (χ0v) is 13.6. The number of likely N-dealkylation sites (tertiary alicyclic amines) is 1. The second-order valence-electron chi connectivity index (χ2n) is 5.91. The lowest BCUT2D eigenvalue weighted by atomic mass is 10.2. The van der Waals surface area contributed by atoms with E-state index in [-0.39, 0.29) is 11.9 Å². The lowest BCUT2D eigenvalue weighted by Crippen LogP contribution is -2.29. The molecule has 0 saturated carbocycles. The molecule has 3 N–H and O–H groups in total. The van der Waals surface area contributed by atoms with Gasteiger partial charge in [-0.05, 0) is 38.0 Å². The van der Waals surface area contributed by atoms with Crippen LogP contribution in [0.4, 0.5) is 10.5 Å². The number of hydrogen-bond acceptors (Lipinski definition) is 3. The van der Waals surface area contributed by atoms with Crippen LogP contribution in [0.3, 0.4) is 0 Å². The molecule has 1 aromatic heterocycles. The Bertz CT molecular complexity index is 734. The Morgan fingerprint density at radius 2 is 2.08 bits per heavy atom. The molecule has 0 spiro atoms. The number of benzene rings is 1. The van der Waals surface area contributed by atoms with Crippen LogP contribution in [0.15, 0.2) is 30.5 Å². The number of nitrogens with zero attached hydrogens (tertiary/aromatic N) is 2. The van der Waals surface area contributed by atoms with Crippen LogP contribution in [0.5, 0.6) is 0 Å². The molecule has 126 valence electrons. The van der Waals surface area contributed by atoms with E-state index in [9.17, 15) is 9.59 Å². The zero-order valence-electron chi connectivity index (χ0n) is 13.6. The van der Waals surface area contributed by atoms with E-state index in [0.717, 1.165) is 37.2 Å². The number of urea groups is 1. The number of nitrogens with one attached hydrogen (secondary N) is 3. The molecule has 2 aromatic rings. The maximum atomic E-state index is 12.4. The third-order valence-electron chi connectivity index (χ3n) is 4.13. The van der Waals surface area contributed by atoms with Gasteiger partial charge in [0.1, 0.15) is 0 Å². The highest BCUT2D eigenvalue weighted by Gasteiger charge is 2.19. The van der Waals surface area contributed by atoms with E-state index in [1.165, 1.54) is 0 Å². The number of H-pyrrole nitrogens is 1. The summed E-state index contributed by atoms with van der Waals surface area (Å²) in [6.07, 6.45) is 3.80. The summed E-state index contributed by atoms with van der Waals surface area (Å²) in [7, 11) is 0. The zero-order chi connectivity index (χ0) is 16.9. The average Bonchev–Trinajstić information content (AvgIpc) is 3.24. The molecule has 24 heavy (non-hydrogen) atoms. The Balaban J connectivity index is 1.58. The molecular weight excluding hydrogens is 306 g/mol. The molecule has 0 unspecified atom stereocenters. The van der Waals surface area contributed by atoms with E-state index in [1.54, 1.807) is 30.5 Å². The highest BCUT2D eigenvalue weighted by molar-refractivity contribution is 5.97. The molecule has 1 saturated heterocycles. The number of amides is 3. The number of carbonyl (C=O) groups is 2. The number of anilines is 1. The monoisotopic (exact) mass is 327 g/mol. The molecule has 0 radical (unpaired) electrons. The quantitative estimate of drug-likeness (QED) is 0.804. The topological polar surface area (TPSA) is 90.1 Å². The highest BCUT2D eigenvalue weighted by atomic mass is 16.2. The number of carbonyl (C=O) groups excluding carboxylic acids is 2. The molecule has 1 aromatic carbocycles. The number of hydrogen-bond donors (Lipinski definition) is 3. The summed E-state index contributed by atoms with van der Waals surface area (Å²) in [6.45, 7) is 3.90. The summed E-state index contributed by atoms with van der Waals surface area (Å²) < 4.78 is 0. The second-order valence-corrected chi connectivity index (χ2v) is 5.91. The van der Waals surface area contributed by atoms with Gasteiger partial charge in [0.2, 0.25) is 0 Å². The molecule has 7 heteroatoms. The van der Waals surface area contributed by atoms with E-state index < -0.39 is 0 Å². The van der Waals surface area contributed by atoms with Crippen molar-refractivity contribution in [3.8, 4) is 0 Å². The van der Waals surface area contributed by atoms with E-state index in [0.29, 0.717) is 17.8 Å². The number of aromatic nitrogens is 2. The SMILES string of the molecule is Cc1[nH]ncc1CNC(=O)Nc1cccc(C(=O)N2CCCC2)c1. The van der Waals surface area contributed by atoms with Gasteiger partial charge in [-0.25, -0.2) is 4.79 Å². The van der Waals surface area contributed by atoms with Gasteiger partial charge < -0.3 is 15.5 Å². The van der Waals surface area contributed by atoms with Gasteiger partial charge in [0.25, 0.3) is 5.91 Å². The van der Waals surface area contributed by atoms with Crippen molar-refractivity contribution in [2.24, 2.45) is 0 Å². The first-order chi connectivity index (χ1) is 11.6. The summed E-state index contributed by atoms with van der Waals surface area (Å²) >= 11 is 0. The van der Waals surface area contributed by atoms with Crippen LogP contribution < -0.4 is 10.6 Å². The minimum Gasteiger partial charge on any atom is -0.339 e. The summed E-state index contributed by atoms with van der Waals surface area (Å²) in [5.41, 5.74) is 3.05. The van der Waals surface area contributed by atoms with Crippen LogP contribution in [0.25, 0.3) is 0 Å². The highest BCUT2D eigenvalue weighted by Crippen LogP contribution is 2.16. The third kappa shape index (κ3) is 3.73. The first-order valence-corrected chi connectivity index (χ1v) is 8.06. The molecule has 1 aliphatic heterocycles. The van der Waals surface area contributed by atoms with E-state index in [4.69, 9.17) is 0 Å². The molecule has 0 atom stereocenters. The molecule has 0 aliphatic carbocycles. The van der Waals surface area contributed by atoms with Gasteiger partial charge in [0.05, 0.1) is 6.20 Å². The number of aromatic amines is 1. The Hall–Kier alpha value is -2.83. The van der Waals surface area contributed by atoms with Crippen molar-refractivity contribution in [2.45, 2.75) is 26.3 Å². The number of rotatable bonds is 4. The molecule has 1 aliphatic rings. The van der Waals surface area contributed by atoms with E-state index in [1.807, 2.05) is 11.8 Å². The van der Waals surface area contributed by atoms with Crippen molar-refractivity contribution >= 4 is 17.6 Å². The smallest absolute Gasteiger partial charge is 0.319 e. The fraction of sp³-hybridized carbons (Fsp3) is 0.353. The van der Waals surface area contributed by atoms with Crippen molar-refractivity contribution in [1.82, 2.24) is 20.4 Å². The molecule has 1 fully saturated rings. The Labute approximate surface area is 140 Å². The predicted molar refractivity (Wildman–Crippen MR) is 90.8 cm³/mol. The Morgan fingerprint density at radius 3 is 2.79 bits per heavy atom. The van der Waals surface area contributed by atoms with Crippen molar-refractivity contribution in [3.05, 3.63) is 47.3 Å². The Kier molecular flexibility index (Phi) is 4.79. The third-order valence-corrected chi connectivity index (χ3v) is 4.13. The lowest BCUT2D eigenvalue weighted by Gasteiger charge is -2.16. The molecular formula is C17H21N5O2. The summed E-state index contributed by atoms with van der Waals surface area (Å²) in [4.78, 5) is 26.2. The fourth-order valence-corrected chi connectivity index (χ4v) is 2.74. The van der Waals surface area contributed by atoms with Crippen LogP contribution in [-0.2, 0) is 6.54 Å². The minimum atomic E-state index is -0.318. The van der Waals surface area contributed by atoms with Crippen molar-refractivity contribution < 1.29 is 9.59 Å². The first kappa shape index (κ1) is 16.0. The van der Waals surface area contributed by atoms with Crippen molar-refractivity contribution in [3.63, 3.8) is 0 Å². The van der Waals surface area contributed by atoms with Crippen molar-refractivity contribution in [2.75, 3.05) is 18.4 Å². The van der Waals surface area contributed by atoms with E-state index in [2.05, 4.69) is 20.8 Å². The summed E-state index contributed by atoms with van der Waals surface area (Å²) in [5, 5.41) is 12.3. The molecule has 0 bridgehead atoms. The van der Waals surface area contributed by atoms with E-state index >= 15 is 0 Å². The average molecular weight is 327 g/mol. The molecule has 7 nitrogen and oxygen atoms in total. The van der Waals surface area contributed by atoms with Crippen molar-refractivity contribution in [1.29, 1.82) is 0 Å². The minimum absolute atomic E-state index is 0.0191. The first-order valence-electron chi connectivity index (χ1n) is 8.06. The predicted octanol–water partition coefficient (Wildman–Crippen LogP) is 2.28. The van der Waals surface area contributed by atoms with Crippen LogP contribution in [0.1, 0.15) is 34.5 Å². The van der Waals surface area contributed by atoms with Gasteiger partial charge in [-0.2, -0.15) is 5.10 Å². The summed E-state index contributed by atoms with van der Waals surface area (Å²) in [6, 6.07) is 6.71. The molecule has 3 rings (SSSR count). The molecule has 2 heterocycles. The second kappa shape index (κ2) is 7.16. The maximum Gasteiger partial charge on any atom is 0.319 e. The Morgan fingerprint density at radius 1 is 1.29 bits per heavy atom. The largest absolute Gasteiger partial charge is 0.339 e. The fourth-order valence-electron chi connectivity index (χ4n) is 2.74. The van der Waals surface area contributed by atoms with Crippen LogP contribution in [0.2, 0.25) is 0 Å². The van der Waals surface area contributed by atoms with Gasteiger partial charge in [0.15, 0.2) is 0 Å². The van der Waals surface area contributed by atoms with Crippen LogP contribution >= 0.6 is 0 Å². The maximum absolute atomic E-state index is 12.4. The van der Waals surface area contributed by atoms with Crippen LogP contribution in [-0.4, -0.2) is 40.1 Å². The number of aryl methyl sites for hydroxylation is 1. The van der Waals surface area contributed by atoms with Gasteiger partial charge in [-0.15, -0.1) is 0 Å². The lowest BCUT2D eigenvalue weighted by molar-refractivity contribution is 0.0793. The molecule has 3 amide bonds. The van der Waals surface area contributed by atoms with Gasteiger partial charge in [0, 0.05) is 42.1 Å². The summed E-state index contributed by atoms with van der Waals surface area (Å²) in [5.74, 6) is 0.0191.